The zero-order valence-electron chi connectivity index (χ0n) is 12.1. The largest absolute Gasteiger partial charge is 0.465 e. The Kier molecular flexibility index (Phi) is 5.62. The van der Waals surface area contributed by atoms with Crippen LogP contribution in [0.25, 0.3) is 0 Å². The van der Waals surface area contributed by atoms with E-state index in [2.05, 4.69) is 0 Å². The standard InChI is InChI=1S/C16H20O4/c1-4-16(12(3)17,15(19)20-5-2)11-14(18)13-9-7-6-8-10-13/h6-10H,4-5,11H2,1-3H3. The zero-order valence-corrected chi connectivity index (χ0v) is 12.1. The molecule has 1 unspecified atom stereocenters. The lowest BCUT2D eigenvalue weighted by molar-refractivity contribution is -0.159. The molecule has 1 rings (SSSR count). The number of esters is 1. The van der Waals surface area contributed by atoms with Crippen LogP contribution in [-0.2, 0) is 14.3 Å². The minimum absolute atomic E-state index is 0.151. The fourth-order valence-electron chi connectivity index (χ4n) is 2.13. The summed E-state index contributed by atoms with van der Waals surface area (Å²) >= 11 is 0. The molecule has 4 nitrogen and oxygen atoms in total. The van der Waals surface area contributed by atoms with Gasteiger partial charge < -0.3 is 4.74 Å². The highest BCUT2D eigenvalue weighted by Gasteiger charge is 2.44. The molecule has 0 N–H and O–H groups in total. The van der Waals surface area contributed by atoms with Crippen molar-refractivity contribution in [2.24, 2.45) is 5.41 Å². The number of ether oxygens (including phenoxy) is 1. The van der Waals surface area contributed by atoms with Gasteiger partial charge in [0.15, 0.2) is 5.78 Å². The van der Waals surface area contributed by atoms with Crippen molar-refractivity contribution in [1.82, 2.24) is 0 Å². The molecule has 0 amide bonds. The first-order valence-electron chi connectivity index (χ1n) is 6.74. The highest BCUT2D eigenvalue weighted by Crippen LogP contribution is 2.31. The van der Waals surface area contributed by atoms with Gasteiger partial charge in [-0.15, -0.1) is 0 Å². The Morgan fingerprint density at radius 3 is 2.15 bits per heavy atom. The summed E-state index contributed by atoms with van der Waals surface area (Å²) in [5.74, 6) is -1.17. The van der Waals surface area contributed by atoms with Gasteiger partial charge in [-0.2, -0.15) is 0 Å². The van der Waals surface area contributed by atoms with Gasteiger partial charge in [0.1, 0.15) is 11.2 Å². The summed E-state index contributed by atoms with van der Waals surface area (Å²) in [7, 11) is 0. The van der Waals surface area contributed by atoms with E-state index in [4.69, 9.17) is 4.74 Å². The minimum Gasteiger partial charge on any atom is -0.465 e. The highest BCUT2D eigenvalue weighted by molar-refractivity contribution is 6.09. The molecule has 0 aliphatic heterocycles. The van der Waals surface area contributed by atoms with E-state index in [1.807, 2.05) is 0 Å². The smallest absolute Gasteiger partial charge is 0.320 e. The summed E-state index contributed by atoms with van der Waals surface area (Å²) in [4.78, 5) is 36.3. The highest BCUT2D eigenvalue weighted by atomic mass is 16.5. The van der Waals surface area contributed by atoms with Crippen molar-refractivity contribution in [2.45, 2.75) is 33.6 Å². The molecule has 0 fully saturated rings. The molecule has 0 aromatic heterocycles. The Bertz CT molecular complexity index is 492. The van der Waals surface area contributed by atoms with Gasteiger partial charge in [0.05, 0.1) is 6.61 Å². The van der Waals surface area contributed by atoms with E-state index in [1.54, 1.807) is 44.2 Å². The number of ketones is 2. The van der Waals surface area contributed by atoms with Crippen LogP contribution < -0.4 is 0 Å². The topological polar surface area (TPSA) is 60.4 Å². The van der Waals surface area contributed by atoms with Crippen molar-refractivity contribution in [1.29, 1.82) is 0 Å². The SMILES string of the molecule is CCOC(=O)C(CC)(CC(=O)c1ccccc1)C(C)=O. The fourth-order valence-corrected chi connectivity index (χ4v) is 2.13. The number of benzene rings is 1. The lowest BCUT2D eigenvalue weighted by atomic mass is 9.76. The Balaban J connectivity index is 3.04. The normalized spacial score (nSPS) is 13.3. The molecule has 0 saturated heterocycles. The first-order valence-corrected chi connectivity index (χ1v) is 6.74. The number of carbonyl (C=O) groups excluding carboxylic acids is 3. The second-order valence-corrected chi connectivity index (χ2v) is 4.68. The Morgan fingerprint density at radius 1 is 1.10 bits per heavy atom. The number of hydrogen-bond acceptors (Lipinski definition) is 4. The van der Waals surface area contributed by atoms with Crippen molar-refractivity contribution >= 4 is 17.5 Å². The molecule has 0 aliphatic carbocycles. The first kappa shape index (κ1) is 16.1. The van der Waals surface area contributed by atoms with E-state index in [9.17, 15) is 14.4 Å². The molecule has 0 aliphatic rings. The van der Waals surface area contributed by atoms with Gasteiger partial charge in [0.25, 0.3) is 0 Å². The van der Waals surface area contributed by atoms with Gasteiger partial charge >= 0.3 is 5.97 Å². The second kappa shape index (κ2) is 6.98. The summed E-state index contributed by atoms with van der Waals surface area (Å²) in [6.45, 7) is 4.92. The fraction of sp³-hybridized carbons (Fsp3) is 0.438. The third kappa shape index (κ3) is 3.32. The van der Waals surface area contributed by atoms with E-state index in [-0.39, 0.29) is 31.0 Å². The molecule has 4 heteroatoms. The van der Waals surface area contributed by atoms with Crippen molar-refractivity contribution in [3.8, 4) is 0 Å². The lowest BCUT2D eigenvalue weighted by Crippen LogP contribution is -2.41. The molecule has 0 spiro atoms. The molecule has 1 aromatic rings. The third-order valence-corrected chi connectivity index (χ3v) is 3.50. The van der Waals surface area contributed by atoms with Crippen LogP contribution in [0.5, 0.6) is 0 Å². The van der Waals surface area contributed by atoms with E-state index in [1.165, 1.54) is 6.92 Å². The zero-order chi connectivity index (χ0) is 15.2. The average molecular weight is 276 g/mol. The van der Waals surface area contributed by atoms with Crippen LogP contribution in [0, 0.1) is 5.41 Å². The molecule has 0 heterocycles. The van der Waals surface area contributed by atoms with Crippen LogP contribution in [0.1, 0.15) is 44.0 Å². The maximum Gasteiger partial charge on any atom is 0.320 e. The molecule has 20 heavy (non-hydrogen) atoms. The molecule has 0 saturated carbocycles. The van der Waals surface area contributed by atoms with Gasteiger partial charge in [-0.3, -0.25) is 14.4 Å². The predicted octanol–water partition coefficient (Wildman–Crippen LogP) is 2.81. The average Bonchev–Trinajstić information content (AvgIpc) is 2.45. The van der Waals surface area contributed by atoms with Gasteiger partial charge in [0.2, 0.25) is 0 Å². The van der Waals surface area contributed by atoms with Gasteiger partial charge in [0, 0.05) is 12.0 Å². The molecular formula is C16H20O4. The van der Waals surface area contributed by atoms with Crippen LogP contribution in [0.2, 0.25) is 0 Å². The second-order valence-electron chi connectivity index (χ2n) is 4.68. The molecule has 1 aromatic carbocycles. The van der Waals surface area contributed by atoms with Crippen LogP contribution in [0.15, 0.2) is 30.3 Å². The van der Waals surface area contributed by atoms with E-state index < -0.39 is 11.4 Å². The Hall–Kier alpha value is -1.97. The van der Waals surface area contributed by atoms with E-state index >= 15 is 0 Å². The Morgan fingerprint density at radius 2 is 1.70 bits per heavy atom. The number of carbonyl (C=O) groups is 3. The molecule has 0 bridgehead atoms. The lowest BCUT2D eigenvalue weighted by Gasteiger charge is -2.26. The monoisotopic (exact) mass is 276 g/mol. The molecular weight excluding hydrogens is 256 g/mol. The van der Waals surface area contributed by atoms with Gasteiger partial charge in [-0.25, -0.2) is 0 Å². The van der Waals surface area contributed by atoms with Crippen molar-refractivity contribution in [3.63, 3.8) is 0 Å². The molecule has 0 radical (unpaired) electrons. The summed E-state index contributed by atoms with van der Waals surface area (Å²) in [6.07, 6.45) is 0.0986. The van der Waals surface area contributed by atoms with E-state index in [0.29, 0.717) is 5.56 Å². The predicted molar refractivity (Wildman–Crippen MR) is 75.4 cm³/mol. The van der Waals surface area contributed by atoms with Crippen LogP contribution in [0.4, 0.5) is 0 Å². The van der Waals surface area contributed by atoms with E-state index in [0.717, 1.165) is 0 Å². The van der Waals surface area contributed by atoms with Crippen LogP contribution >= 0.6 is 0 Å². The van der Waals surface area contributed by atoms with Crippen LogP contribution in [-0.4, -0.2) is 24.1 Å². The van der Waals surface area contributed by atoms with Crippen molar-refractivity contribution in [3.05, 3.63) is 35.9 Å². The summed E-state index contributed by atoms with van der Waals surface area (Å²) in [6, 6.07) is 8.65. The third-order valence-electron chi connectivity index (χ3n) is 3.50. The Labute approximate surface area is 119 Å². The number of hydrogen-bond donors (Lipinski definition) is 0. The maximum absolute atomic E-state index is 12.3. The molecule has 108 valence electrons. The number of rotatable bonds is 7. The first-order chi connectivity index (χ1) is 9.47. The minimum atomic E-state index is -1.37. The van der Waals surface area contributed by atoms with Gasteiger partial charge in [-0.1, -0.05) is 37.3 Å². The molecule has 1 atom stereocenters. The van der Waals surface area contributed by atoms with Crippen molar-refractivity contribution < 1.29 is 19.1 Å². The van der Waals surface area contributed by atoms with Crippen molar-refractivity contribution in [2.75, 3.05) is 6.61 Å². The quantitative estimate of drug-likeness (QED) is 0.436. The van der Waals surface area contributed by atoms with Crippen LogP contribution in [0.3, 0.4) is 0 Å². The van der Waals surface area contributed by atoms with Gasteiger partial charge in [-0.05, 0) is 20.3 Å². The summed E-state index contributed by atoms with van der Waals surface area (Å²) in [5.41, 5.74) is -0.876. The maximum atomic E-state index is 12.3. The summed E-state index contributed by atoms with van der Waals surface area (Å²) < 4.78 is 4.98. The summed E-state index contributed by atoms with van der Waals surface area (Å²) in [5, 5.41) is 0. The number of Topliss-reactive ketones (excluding diaryl/α,β-unsaturated/α-hetero) is 2.